The molecule has 1 aliphatic carbocycles. The van der Waals surface area contributed by atoms with Crippen molar-refractivity contribution in [3.05, 3.63) is 70.9 Å². The number of nitrogens with one attached hydrogen (secondary N) is 2. The second-order valence-corrected chi connectivity index (χ2v) is 6.69. The summed E-state index contributed by atoms with van der Waals surface area (Å²) >= 11 is 0. The van der Waals surface area contributed by atoms with Crippen molar-refractivity contribution < 1.29 is 0 Å². The van der Waals surface area contributed by atoms with Gasteiger partial charge in [0.1, 0.15) is 0 Å². The number of aryl methyl sites for hydroxylation is 2. The molecule has 5 rings (SSSR count). The Balaban J connectivity index is 1.60. The smallest absolute Gasteiger partial charge is 0.0896 e. The van der Waals surface area contributed by atoms with Crippen molar-refractivity contribution >= 4 is 16.6 Å². The van der Waals surface area contributed by atoms with Crippen LogP contribution in [-0.2, 0) is 6.42 Å². The van der Waals surface area contributed by atoms with Gasteiger partial charge in [0, 0.05) is 16.8 Å². The van der Waals surface area contributed by atoms with Crippen molar-refractivity contribution in [1.29, 1.82) is 0 Å². The summed E-state index contributed by atoms with van der Waals surface area (Å²) in [6.07, 6.45) is 2.27. The van der Waals surface area contributed by atoms with Crippen molar-refractivity contribution in [3.8, 4) is 0 Å². The first kappa shape index (κ1) is 12.9. The molecule has 0 amide bonds. The number of benzene rings is 2. The summed E-state index contributed by atoms with van der Waals surface area (Å²) in [5.74, 6) is 0.457. The molecule has 2 N–H and O–H groups in total. The molecule has 0 unspecified atom stereocenters. The standard InChI is InChI=1S/C20H19N3/c1-12-7-10-17-16(11-12)14-8-9-15-18(13-5-3-2-4-6-13)22-23-20(15)19(14)21-17/h2-7,10-11,15,18,21-22H,8-9H2,1H3/t15-,18-/m1/s1. The molecule has 23 heavy (non-hydrogen) atoms. The molecule has 2 aromatic carbocycles. The highest BCUT2D eigenvalue weighted by molar-refractivity contribution is 6.08. The van der Waals surface area contributed by atoms with Gasteiger partial charge in [0.2, 0.25) is 0 Å². The zero-order valence-corrected chi connectivity index (χ0v) is 13.1. The fraction of sp³-hybridized carbons (Fsp3) is 0.250. The molecule has 0 bridgehead atoms. The van der Waals surface area contributed by atoms with E-state index in [1.807, 2.05) is 0 Å². The molecule has 3 nitrogen and oxygen atoms in total. The predicted molar refractivity (Wildman–Crippen MR) is 93.7 cm³/mol. The minimum absolute atomic E-state index is 0.299. The molecule has 0 saturated carbocycles. The van der Waals surface area contributed by atoms with Crippen molar-refractivity contribution in [2.24, 2.45) is 11.0 Å². The molecule has 1 aliphatic heterocycles. The van der Waals surface area contributed by atoms with E-state index in [-0.39, 0.29) is 0 Å². The molecule has 0 saturated heterocycles. The van der Waals surface area contributed by atoms with Gasteiger partial charge >= 0.3 is 0 Å². The zero-order chi connectivity index (χ0) is 15.4. The van der Waals surface area contributed by atoms with Gasteiger partial charge in [-0.25, -0.2) is 0 Å². The lowest BCUT2D eigenvalue weighted by Gasteiger charge is -2.24. The van der Waals surface area contributed by atoms with Gasteiger partial charge in [0.05, 0.1) is 17.4 Å². The van der Waals surface area contributed by atoms with E-state index in [1.54, 1.807) is 0 Å². The van der Waals surface area contributed by atoms with Crippen LogP contribution in [0.5, 0.6) is 0 Å². The summed E-state index contributed by atoms with van der Waals surface area (Å²) < 4.78 is 0. The number of rotatable bonds is 1. The van der Waals surface area contributed by atoms with Gasteiger partial charge in [-0.2, -0.15) is 5.10 Å². The average Bonchev–Trinajstić information content (AvgIpc) is 3.16. The van der Waals surface area contributed by atoms with Crippen LogP contribution in [0, 0.1) is 12.8 Å². The van der Waals surface area contributed by atoms with Crippen LogP contribution in [0.4, 0.5) is 0 Å². The Morgan fingerprint density at radius 3 is 2.83 bits per heavy atom. The van der Waals surface area contributed by atoms with E-state index >= 15 is 0 Å². The summed E-state index contributed by atoms with van der Waals surface area (Å²) in [5.41, 5.74) is 11.1. The SMILES string of the molecule is Cc1ccc2[nH]c3c(c2c1)CC[C@H]1C3=NN[C@@H]1c1ccccc1. The Hall–Kier alpha value is -2.55. The van der Waals surface area contributed by atoms with Gasteiger partial charge in [-0.15, -0.1) is 0 Å². The maximum absolute atomic E-state index is 4.71. The van der Waals surface area contributed by atoms with E-state index in [4.69, 9.17) is 5.10 Å². The van der Waals surface area contributed by atoms with E-state index in [1.165, 1.54) is 39.0 Å². The second kappa shape index (κ2) is 4.72. The van der Waals surface area contributed by atoms with Gasteiger partial charge in [-0.3, -0.25) is 0 Å². The highest BCUT2D eigenvalue weighted by Gasteiger charge is 2.38. The minimum Gasteiger partial charge on any atom is -0.353 e. The maximum Gasteiger partial charge on any atom is 0.0896 e. The van der Waals surface area contributed by atoms with Crippen molar-refractivity contribution in [3.63, 3.8) is 0 Å². The first-order valence-corrected chi connectivity index (χ1v) is 8.31. The number of nitrogens with zero attached hydrogens (tertiary/aromatic N) is 1. The second-order valence-electron chi connectivity index (χ2n) is 6.69. The molecule has 0 spiro atoms. The Kier molecular flexibility index (Phi) is 2.66. The lowest BCUT2D eigenvalue weighted by molar-refractivity contribution is 0.467. The third kappa shape index (κ3) is 1.86. The maximum atomic E-state index is 4.71. The molecule has 2 atom stereocenters. The lowest BCUT2D eigenvalue weighted by atomic mass is 9.79. The van der Waals surface area contributed by atoms with Crippen LogP contribution in [0.25, 0.3) is 10.9 Å². The zero-order valence-electron chi connectivity index (χ0n) is 13.1. The molecule has 0 fully saturated rings. The fourth-order valence-corrected chi connectivity index (χ4v) is 4.12. The predicted octanol–water partition coefficient (Wildman–Crippen LogP) is 4.09. The summed E-state index contributed by atoms with van der Waals surface area (Å²) in [4.78, 5) is 3.62. The molecule has 3 aromatic rings. The third-order valence-corrected chi connectivity index (χ3v) is 5.26. The van der Waals surface area contributed by atoms with Crippen LogP contribution in [-0.4, -0.2) is 10.7 Å². The van der Waals surface area contributed by atoms with Gasteiger partial charge in [-0.1, -0.05) is 42.0 Å². The number of aromatic nitrogens is 1. The largest absolute Gasteiger partial charge is 0.353 e. The van der Waals surface area contributed by atoms with E-state index in [9.17, 15) is 0 Å². The summed E-state index contributed by atoms with van der Waals surface area (Å²) in [6, 6.07) is 17.6. The van der Waals surface area contributed by atoms with Crippen LogP contribution >= 0.6 is 0 Å². The fourth-order valence-electron chi connectivity index (χ4n) is 4.12. The van der Waals surface area contributed by atoms with Crippen LogP contribution in [0.1, 0.15) is 34.8 Å². The van der Waals surface area contributed by atoms with E-state index in [2.05, 4.69) is 65.9 Å². The minimum atomic E-state index is 0.299. The summed E-state index contributed by atoms with van der Waals surface area (Å²) in [5, 5.41) is 6.08. The number of H-pyrrole nitrogens is 1. The highest BCUT2D eigenvalue weighted by Crippen LogP contribution is 2.40. The Morgan fingerprint density at radius 2 is 1.96 bits per heavy atom. The molecule has 1 aromatic heterocycles. The molecule has 2 heterocycles. The van der Waals surface area contributed by atoms with Gasteiger partial charge in [0.15, 0.2) is 0 Å². The first-order chi connectivity index (χ1) is 11.3. The first-order valence-electron chi connectivity index (χ1n) is 8.31. The van der Waals surface area contributed by atoms with E-state index in [0.29, 0.717) is 12.0 Å². The highest BCUT2D eigenvalue weighted by atomic mass is 15.3. The molecule has 3 heteroatoms. The summed E-state index contributed by atoms with van der Waals surface area (Å²) in [6.45, 7) is 2.16. The molecular formula is C20H19N3. The van der Waals surface area contributed by atoms with Crippen LogP contribution in [0.3, 0.4) is 0 Å². The Labute approximate surface area is 135 Å². The average molecular weight is 301 g/mol. The van der Waals surface area contributed by atoms with E-state index in [0.717, 1.165) is 12.8 Å². The topological polar surface area (TPSA) is 40.2 Å². The normalized spacial score (nSPS) is 22.4. The summed E-state index contributed by atoms with van der Waals surface area (Å²) in [7, 11) is 0. The molecular weight excluding hydrogens is 282 g/mol. The van der Waals surface area contributed by atoms with Gasteiger partial charge in [0.25, 0.3) is 0 Å². The van der Waals surface area contributed by atoms with Gasteiger partial charge in [-0.05, 0) is 43.0 Å². The van der Waals surface area contributed by atoms with Crippen molar-refractivity contribution in [1.82, 2.24) is 10.4 Å². The number of hydrogen-bond acceptors (Lipinski definition) is 2. The van der Waals surface area contributed by atoms with Crippen molar-refractivity contribution in [2.45, 2.75) is 25.8 Å². The quantitative estimate of drug-likeness (QED) is 0.698. The number of hydrogen-bond donors (Lipinski definition) is 2. The number of aromatic amines is 1. The number of hydrazone groups is 1. The molecule has 0 radical (unpaired) electrons. The lowest BCUT2D eigenvalue weighted by Crippen LogP contribution is -2.26. The van der Waals surface area contributed by atoms with Crippen LogP contribution < -0.4 is 5.43 Å². The van der Waals surface area contributed by atoms with Crippen molar-refractivity contribution in [2.75, 3.05) is 0 Å². The van der Waals surface area contributed by atoms with Gasteiger partial charge < -0.3 is 10.4 Å². The molecule has 2 aliphatic rings. The van der Waals surface area contributed by atoms with Crippen LogP contribution in [0.15, 0.2) is 53.6 Å². The Morgan fingerprint density at radius 1 is 1.09 bits per heavy atom. The third-order valence-electron chi connectivity index (χ3n) is 5.26. The van der Waals surface area contributed by atoms with Crippen LogP contribution in [0.2, 0.25) is 0 Å². The monoisotopic (exact) mass is 301 g/mol. The Bertz CT molecular complexity index is 921. The molecule has 114 valence electrons. The number of fused-ring (bicyclic) bond motifs is 5. The van der Waals surface area contributed by atoms with E-state index < -0.39 is 0 Å².